The monoisotopic (exact) mass is 324 g/mol. The first-order valence-corrected chi connectivity index (χ1v) is 6.34. The maximum atomic E-state index is 11.6. The largest absolute Gasteiger partial charge is 0.487 e. The van der Waals surface area contributed by atoms with Crippen molar-refractivity contribution in [2.24, 2.45) is 5.84 Å². The Bertz CT molecular complexity index is 580. The normalized spacial score (nSPS) is 10.3. The molecule has 0 bridgehead atoms. The van der Waals surface area contributed by atoms with E-state index in [4.69, 9.17) is 10.6 Å². The Morgan fingerprint density at radius 3 is 2.79 bits per heavy atom. The number of hydrazine groups is 1. The first-order chi connectivity index (χ1) is 9.11. The van der Waals surface area contributed by atoms with Crippen molar-refractivity contribution < 1.29 is 9.53 Å². The summed E-state index contributed by atoms with van der Waals surface area (Å²) < 4.78 is 6.54. The highest BCUT2D eigenvalue weighted by Crippen LogP contribution is 2.18. The standard InChI is InChI=1S/C12H13BrN4O2/c1-7-11(12(18)15-14)10(17-16-7)6-19-9-4-2-8(13)3-5-9/h2-5H,6,14H2,1H3,(H,15,18)(H,16,17). The predicted octanol–water partition coefficient (Wildman–Crippen LogP) is 1.66. The lowest BCUT2D eigenvalue weighted by molar-refractivity contribution is 0.0950. The number of amides is 1. The molecule has 0 spiro atoms. The van der Waals surface area contributed by atoms with E-state index in [1.54, 1.807) is 6.92 Å². The number of hydrogen-bond acceptors (Lipinski definition) is 4. The van der Waals surface area contributed by atoms with Crippen molar-refractivity contribution in [2.75, 3.05) is 0 Å². The lowest BCUT2D eigenvalue weighted by Gasteiger charge is -2.06. The van der Waals surface area contributed by atoms with Crippen LogP contribution in [0.1, 0.15) is 21.7 Å². The second-order valence-electron chi connectivity index (χ2n) is 3.89. The van der Waals surface area contributed by atoms with Crippen LogP contribution in [0, 0.1) is 6.92 Å². The number of hydrogen-bond donors (Lipinski definition) is 3. The molecule has 1 amide bonds. The fourth-order valence-corrected chi connectivity index (χ4v) is 1.90. The Labute approximate surface area is 118 Å². The lowest BCUT2D eigenvalue weighted by atomic mass is 10.2. The molecule has 0 aliphatic carbocycles. The Morgan fingerprint density at radius 1 is 1.47 bits per heavy atom. The summed E-state index contributed by atoms with van der Waals surface area (Å²) in [5, 5.41) is 6.79. The van der Waals surface area contributed by atoms with E-state index in [0.29, 0.717) is 22.7 Å². The summed E-state index contributed by atoms with van der Waals surface area (Å²) in [6.07, 6.45) is 0. The first-order valence-electron chi connectivity index (χ1n) is 5.55. The van der Waals surface area contributed by atoms with Gasteiger partial charge in [-0.25, -0.2) is 5.84 Å². The Morgan fingerprint density at radius 2 is 2.16 bits per heavy atom. The van der Waals surface area contributed by atoms with Crippen molar-refractivity contribution in [3.63, 3.8) is 0 Å². The summed E-state index contributed by atoms with van der Waals surface area (Å²) in [7, 11) is 0. The molecule has 1 aromatic heterocycles. The molecule has 0 saturated heterocycles. The minimum Gasteiger partial charge on any atom is -0.487 e. The van der Waals surface area contributed by atoms with Crippen LogP contribution in [0.5, 0.6) is 5.75 Å². The third-order valence-corrected chi connectivity index (χ3v) is 3.10. The molecule has 1 heterocycles. The van der Waals surface area contributed by atoms with E-state index in [1.165, 1.54) is 0 Å². The zero-order valence-electron chi connectivity index (χ0n) is 10.2. The van der Waals surface area contributed by atoms with Crippen LogP contribution >= 0.6 is 15.9 Å². The molecule has 0 atom stereocenters. The molecule has 7 heteroatoms. The number of benzene rings is 1. The van der Waals surface area contributed by atoms with Crippen molar-refractivity contribution in [1.82, 2.24) is 15.6 Å². The molecule has 0 fully saturated rings. The fraction of sp³-hybridized carbons (Fsp3) is 0.167. The highest BCUT2D eigenvalue weighted by atomic mass is 79.9. The molecule has 4 N–H and O–H groups in total. The van der Waals surface area contributed by atoms with Gasteiger partial charge in [-0.2, -0.15) is 5.10 Å². The van der Waals surface area contributed by atoms with Crippen LogP contribution < -0.4 is 16.0 Å². The number of aromatic nitrogens is 2. The van der Waals surface area contributed by atoms with E-state index in [-0.39, 0.29) is 12.5 Å². The highest BCUT2D eigenvalue weighted by molar-refractivity contribution is 9.10. The summed E-state index contributed by atoms with van der Waals surface area (Å²) in [5.74, 6) is 5.45. The molecule has 1 aromatic carbocycles. The number of nitrogen functional groups attached to an aromatic ring is 1. The molecule has 2 aromatic rings. The summed E-state index contributed by atoms with van der Waals surface area (Å²) in [6, 6.07) is 7.40. The molecule has 100 valence electrons. The minimum absolute atomic E-state index is 0.189. The Hall–Kier alpha value is -1.86. The van der Waals surface area contributed by atoms with E-state index in [0.717, 1.165) is 4.47 Å². The van der Waals surface area contributed by atoms with E-state index < -0.39 is 0 Å². The SMILES string of the molecule is Cc1[nH]nc(COc2ccc(Br)cc2)c1C(=O)NN. The maximum Gasteiger partial charge on any atom is 0.269 e. The second-order valence-corrected chi connectivity index (χ2v) is 4.80. The van der Waals surface area contributed by atoms with Gasteiger partial charge in [-0.15, -0.1) is 0 Å². The summed E-state index contributed by atoms with van der Waals surface area (Å²) in [6.45, 7) is 1.94. The summed E-state index contributed by atoms with van der Waals surface area (Å²) in [4.78, 5) is 11.6. The first kappa shape index (κ1) is 13.6. The third kappa shape index (κ3) is 3.12. The van der Waals surface area contributed by atoms with Gasteiger partial charge >= 0.3 is 0 Å². The van der Waals surface area contributed by atoms with E-state index in [2.05, 4.69) is 31.6 Å². The average molecular weight is 325 g/mol. The van der Waals surface area contributed by atoms with Gasteiger partial charge in [0.1, 0.15) is 18.1 Å². The van der Waals surface area contributed by atoms with Gasteiger partial charge in [0.2, 0.25) is 0 Å². The molecular weight excluding hydrogens is 312 g/mol. The van der Waals surface area contributed by atoms with Crippen molar-refractivity contribution in [3.05, 3.63) is 45.7 Å². The van der Waals surface area contributed by atoms with Gasteiger partial charge in [0.15, 0.2) is 0 Å². The molecule has 0 unspecified atom stereocenters. The molecule has 19 heavy (non-hydrogen) atoms. The predicted molar refractivity (Wildman–Crippen MR) is 73.5 cm³/mol. The number of aromatic amines is 1. The molecule has 2 rings (SSSR count). The Kier molecular flexibility index (Phi) is 4.18. The van der Waals surface area contributed by atoms with Gasteiger partial charge in [0.05, 0.1) is 5.56 Å². The topological polar surface area (TPSA) is 93.0 Å². The van der Waals surface area contributed by atoms with Crippen LogP contribution in [-0.2, 0) is 6.61 Å². The van der Waals surface area contributed by atoms with Crippen LogP contribution in [0.3, 0.4) is 0 Å². The Balaban J connectivity index is 2.11. The zero-order valence-corrected chi connectivity index (χ0v) is 11.8. The summed E-state index contributed by atoms with van der Waals surface area (Å²) >= 11 is 3.35. The van der Waals surface area contributed by atoms with Gasteiger partial charge in [-0.05, 0) is 31.2 Å². The molecular formula is C12H13BrN4O2. The van der Waals surface area contributed by atoms with Gasteiger partial charge in [-0.1, -0.05) is 15.9 Å². The molecule has 0 aliphatic heterocycles. The van der Waals surface area contributed by atoms with Crippen molar-refractivity contribution in [3.8, 4) is 5.75 Å². The maximum absolute atomic E-state index is 11.6. The van der Waals surface area contributed by atoms with Gasteiger partial charge in [-0.3, -0.25) is 15.3 Å². The number of rotatable bonds is 4. The summed E-state index contributed by atoms with van der Waals surface area (Å²) in [5.41, 5.74) is 3.68. The number of carbonyl (C=O) groups excluding carboxylic acids is 1. The van der Waals surface area contributed by atoms with Crippen LogP contribution in [0.25, 0.3) is 0 Å². The molecule has 6 nitrogen and oxygen atoms in total. The number of ether oxygens (including phenoxy) is 1. The van der Waals surface area contributed by atoms with Gasteiger partial charge < -0.3 is 4.74 Å². The molecule has 0 radical (unpaired) electrons. The third-order valence-electron chi connectivity index (χ3n) is 2.57. The fourth-order valence-electron chi connectivity index (χ4n) is 1.64. The van der Waals surface area contributed by atoms with Crippen LogP contribution in [0.4, 0.5) is 0 Å². The average Bonchev–Trinajstić information content (AvgIpc) is 2.78. The van der Waals surface area contributed by atoms with Gasteiger partial charge in [0, 0.05) is 10.2 Å². The van der Waals surface area contributed by atoms with Gasteiger partial charge in [0.25, 0.3) is 5.91 Å². The van der Waals surface area contributed by atoms with Crippen LogP contribution in [0.15, 0.2) is 28.7 Å². The molecule has 0 saturated carbocycles. The van der Waals surface area contributed by atoms with E-state index in [9.17, 15) is 4.79 Å². The smallest absolute Gasteiger partial charge is 0.269 e. The van der Waals surface area contributed by atoms with E-state index in [1.807, 2.05) is 24.3 Å². The van der Waals surface area contributed by atoms with Crippen LogP contribution in [0.2, 0.25) is 0 Å². The van der Waals surface area contributed by atoms with Crippen molar-refractivity contribution in [1.29, 1.82) is 0 Å². The van der Waals surface area contributed by atoms with Crippen molar-refractivity contribution >= 4 is 21.8 Å². The number of aryl methyl sites for hydroxylation is 1. The number of H-pyrrole nitrogens is 1. The van der Waals surface area contributed by atoms with Crippen molar-refractivity contribution in [2.45, 2.75) is 13.5 Å². The number of nitrogens with two attached hydrogens (primary N) is 1. The number of halogens is 1. The van der Waals surface area contributed by atoms with E-state index >= 15 is 0 Å². The second kappa shape index (κ2) is 5.85. The van der Waals surface area contributed by atoms with Crippen LogP contribution in [-0.4, -0.2) is 16.1 Å². The number of carbonyl (C=O) groups is 1. The quantitative estimate of drug-likeness (QED) is 0.453. The zero-order chi connectivity index (χ0) is 13.8. The number of nitrogens with one attached hydrogen (secondary N) is 2. The highest BCUT2D eigenvalue weighted by Gasteiger charge is 2.17. The molecule has 0 aliphatic rings. The number of nitrogens with zero attached hydrogens (tertiary/aromatic N) is 1. The lowest BCUT2D eigenvalue weighted by Crippen LogP contribution is -2.31. The minimum atomic E-state index is -0.388.